The third kappa shape index (κ3) is 2.54. The molecule has 1 aromatic rings. The van der Waals surface area contributed by atoms with E-state index in [1.807, 2.05) is 0 Å². The molecule has 1 fully saturated rings. The summed E-state index contributed by atoms with van der Waals surface area (Å²) in [6.07, 6.45) is 5.65. The zero-order valence-corrected chi connectivity index (χ0v) is 11.4. The zero-order valence-electron chi connectivity index (χ0n) is 11.4. The summed E-state index contributed by atoms with van der Waals surface area (Å²) in [6, 6.07) is 8.77. The Balaban J connectivity index is 1.49. The van der Waals surface area contributed by atoms with Gasteiger partial charge in [-0.05, 0) is 50.4 Å². The van der Waals surface area contributed by atoms with E-state index < -0.39 is 0 Å². The van der Waals surface area contributed by atoms with Crippen LogP contribution < -0.4 is 5.32 Å². The van der Waals surface area contributed by atoms with Crippen molar-refractivity contribution in [3.05, 3.63) is 29.8 Å². The highest BCUT2D eigenvalue weighted by Gasteiger charge is 2.23. The van der Waals surface area contributed by atoms with Gasteiger partial charge in [0.25, 0.3) is 0 Å². The molecule has 1 N–H and O–H groups in total. The first-order valence-corrected chi connectivity index (χ1v) is 7.34. The lowest BCUT2D eigenvalue weighted by molar-refractivity contribution is 0.202. The average molecular weight is 244 g/mol. The van der Waals surface area contributed by atoms with Crippen LogP contribution in [0.25, 0.3) is 0 Å². The molecule has 1 heterocycles. The average Bonchev–Trinajstić information content (AvgIpc) is 2.75. The molecule has 0 saturated heterocycles. The molecule has 0 spiro atoms. The molecule has 2 nitrogen and oxygen atoms in total. The van der Waals surface area contributed by atoms with Crippen molar-refractivity contribution in [1.29, 1.82) is 0 Å². The summed E-state index contributed by atoms with van der Waals surface area (Å²) in [5.41, 5.74) is 2.87. The molecule has 0 bridgehead atoms. The van der Waals surface area contributed by atoms with Crippen LogP contribution in [-0.2, 0) is 0 Å². The number of benzene rings is 1. The van der Waals surface area contributed by atoms with Crippen LogP contribution in [0, 0.1) is 5.92 Å². The molecule has 1 saturated carbocycles. The van der Waals surface area contributed by atoms with E-state index in [0.29, 0.717) is 5.92 Å². The van der Waals surface area contributed by atoms with Crippen molar-refractivity contribution < 1.29 is 0 Å². The normalized spacial score (nSPS) is 22.7. The molecule has 3 rings (SSSR count). The highest BCUT2D eigenvalue weighted by Crippen LogP contribution is 2.33. The molecule has 98 valence electrons. The van der Waals surface area contributed by atoms with Gasteiger partial charge in [0.05, 0.1) is 0 Å². The Labute approximate surface area is 110 Å². The summed E-state index contributed by atoms with van der Waals surface area (Å²) in [5.74, 6) is 1.70. The standard InChI is InChI=1S/C16H24N2/c1-18(12-13-5-4-6-13)10-9-14-11-17-16-8-3-2-7-15(14)16/h2-3,7-8,13-14,17H,4-6,9-12H2,1H3. The fourth-order valence-corrected chi connectivity index (χ4v) is 3.20. The number of fused-ring (bicyclic) bond motifs is 1. The molecule has 1 aliphatic carbocycles. The van der Waals surface area contributed by atoms with Crippen molar-refractivity contribution in [2.24, 2.45) is 5.92 Å². The van der Waals surface area contributed by atoms with E-state index in [2.05, 4.69) is 41.5 Å². The van der Waals surface area contributed by atoms with Gasteiger partial charge in [-0.3, -0.25) is 0 Å². The molecule has 2 heteroatoms. The first-order chi connectivity index (χ1) is 8.83. The molecule has 0 radical (unpaired) electrons. The van der Waals surface area contributed by atoms with Crippen molar-refractivity contribution >= 4 is 5.69 Å². The first kappa shape index (κ1) is 12.0. The van der Waals surface area contributed by atoms with Crippen LogP contribution in [0.4, 0.5) is 5.69 Å². The van der Waals surface area contributed by atoms with Gasteiger partial charge in [0.1, 0.15) is 0 Å². The van der Waals surface area contributed by atoms with E-state index in [4.69, 9.17) is 0 Å². The fraction of sp³-hybridized carbons (Fsp3) is 0.625. The minimum atomic E-state index is 0.713. The molecule has 0 aromatic heterocycles. The summed E-state index contributed by atoms with van der Waals surface area (Å²) >= 11 is 0. The van der Waals surface area contributed by atoms with Gasteiger partial charge in [-0.2, -0.15) is 0 Å². The number of anilines is 1. The number of hydrogen-bond donors (Lipinski definition) is 1. The number of hydrogen-bond acceptors (Lipinski definition) is 2. The minimum Gasteiger partial charge on any atom is -0.384 e. The quantitative estimate of drug-likeness (QED) is 0.855. The Morgan fingerprint density at radius 2 is 2.11 bits per heavy atom. The maximum absolute atomic E-state index is 3.52. The van der Waals surface area contributed by atoms with Gasteiger partial charge in [0.2, 0.25) is 0 Å². The Morgan fingerprint density at radius 1 is 1.28 bits per heavy atom. The molecule has 2 aliphatic rings. The van der Waals surface area contributed by atoms with Gasteiger partial charge in [-0.15, -0.1) is 0 Å². The van der Waals surface area contributed by atoms with Crippen LogP contribution in [0.5, 0.6) is 0 Å². The molecule has 1 aromatic carbocycles. The van der Waals surface area contributed by atoms with E-state index in [9.17, 15) is 0 Å². The third-order valence-electron chi connectivity index (χ3n) is 4.59. The van der Waals surface area contributed by atoms with Crippen molar-refractivity contribution in [3.63, 3.8) is 0 Å². The molecule has 1 aliphatic heterocycles. The molecular formula is C16H24N2. The van der Waals surface area contributed by atoms with Crippen molar-refractivity contribution in [2.75, 3.05) is 32.0 Å². The van der Waals surface area contributed by atoms with E-state index in [-0.39, 0.29) is 0 Å². The van der Waals surface area contributed by atoms with E-state index >= 15 is 0 Å². The van der Waals surface area contributed by atoms with E-state index in [1.165, 1.54) is 50.0 Å². The third-order valence-corrected chi connectivity index (χ3v) is 4.59. The lowest BCUT2D eigenvalue weighted by Crippen LogP contribution is -2.30. The Hall–Kier alpha value is -1.02. The van der Waals surface area contributed by atoms with Crippen LogP contribution in [-0.4, -0.2) is 31.6 Å². The van der Waals surface area contributed by atoms with E-state index in [0.717, 1.165) is 12.5 Å². The largest absolute Gasteiger partial charge is 0.384 e. The maximum atomic E-state index is 3.52. The van der Waals surface area contributed by atoms with Gasteiger partial charge in [0, 0.05) is 24.7 Å². The van der Waals surface area contributed by atoms with Gasteiger partial charge in [-0.1, -0.05) is 24.6 Å². The number of para-hydroxylation sites is 1. The highest BCUT2D eigenvalue weighted by molar-refractivity contribution is 5.57. The second-order valence-corrected chi connectivity index (χ2v) is 6.01. The predicted molar refractivity (Wildman–Crippen MR) is 77.1 cm³/mol. The number of nitrogens with zero attached hydrogens (tertiary/aromatic N) is 1. The maximum Gasteiger partial charge on any atom is 0.0376 e. The van der Waals surface area contributed by atoms with Crippen LogP contribution in [0.2, 0.25) is 0 Å². The summed E-state index contributed by atoms with van der Waals surface area (Å²) < 4.78 is 0. The SMILES string of the molecule is CN(CCC1CNc2ccccc21)CC1CCC1. The Bertz CT molecular complexity index is 398. The summed E-state index contributed by atoms with van der Waals surface area (Å²) in [7, 11) is 2.28. The summed E-state index contributed by atoms with van der Waals surface area (Å²) in [4.78, 5) is 2.53. The van der Waals surface area contributed by atoms with Gasteiger partial charge < -0.3 is 10.2 Å². The highest BCUT2D eigenvalue weighted by atomic mass is 15.1. The molecule has 0 amide bonds. The Morgan fingerprint density at radius 3 is 2.89 bits per heavy atom. The van der Waals surface area contributed by atoms with Crippen LogP contribution >= 0.6 is 0 Å². The summed E-state index contributed by atoms with van der Waals surface area (Å²) in [5, 5.41) is 3.52. The second kappa shape index (κ2) is 5.31. The van der Waals surface area contributed by atoms with Crippen LogP contribution in [0.1, 0.15) is 37.2 Å². The first-order valence-electron chi connectivity index (χ1n) is 7.34. The lowest BCUT2D eigenvalue weighted by atomic mass is 9.85. The predicted octanol–water partition coefficient (Wildman–Crippen LogP) is 3.32. The van der Waals surface area contributed by atoms with E-state index in [1.54, 1.807) is 0 Å². The molecular weight excluding hydrogens is 220 g/mol. The second-order valence-electron chi connectivity index (χ2n) is 6.01. The number of nitrogens with one attached hydrogen (secondary N) is 1. The number of rotatable bonds is 5. The molecule has 1 unspecified atom stereocenters. The Kier molecular flexibility index (Phi) is 3.55. The zero-order chi connectivity index (χ0) is 12.4. The smallest absolute Gasteiger partial charge is 0.0376 e. The van der Waals surface area contributed by atoms with Gasteiger partial charge in [-0.25, -0.2) is 0 Å². The van der Waals surface area contributed by atoms with Gasteiger partial charge >= 0.3 is 0 Å². The topological polar surface area (TPSA) is 15.3 Å². The van der Waals surface area contributed by atoms with Crippen molar-refractivity contribution in [3.8, 4) is 0 Å². The monoisotopic (exact) mass is 244 g/mol. The van der Waals surface area contributed by atoms with Crippen molar-refractivity contribution in [1.82, 2.24) is 4.90 Å². The fourth-order valence-electron chi connectivity index (χ4n) is 3.20. The minimum absolute atomic E-state index is 0.713. The molecule has 18 heavy (non-hydrogen) atoms. The van der Waals surface area contributed by atoms with Crippen molar-refractivity contribution in [2.45, 2.75) is 31.6 Å². The lowest BCUT2D eigenvalue weighted by Gasteiger charge is -2.30. The van der Waals surface area contributed by atoms with Crippen LogP contribution in [0.3, 0.4) is 0 Å². The van der Waals surface area contributed by atoms with Crippen LogP contribution in [0.15, 0.2) is 24.3 Å². The molecule has 1 atom stereocenters. The summed E-state index contributed by atoms with van der Waals surface area (Å²) in [6.45, 7) is 3.66. The van der Waals surface area contributed by atoms with Gasteiger partial charge in [0.15, 0.2) is 0 Å².